The van der Waals surface area contributed by atoms with Gasteiger partial charge in [-0.1, -0.05) is 5.92 Å². The van der Waals surface area contributed by atoms with E-state index in [9.17, 15) is 4.79 Å². The third-order valence-corrected chi connectivity index (χ3v) is 1.82. The molecule has 1 amide bonds. The highest BCUT2D eigenvalue weighted by atomic mass is 16.2. The molecule has 1 rings (SSSR count). The average Bonchev–Trinajstić information content (AvgIpc) is 2.83. The van der Waals surface area contributed by atoms with Crippen LogP contribution in [-0.2, 0) is 4.79 Å². The normalized spacial score (nSPS) is 18.0. The SMILES string of the molecule is C#CCNC(=O)C(C)NC1CC1. The van der Waals surface area contributed by atoms with Crippen LogP contribution in [0.5, 0.6) is 0 Å². The number of hydrogen-bond donors (Lipinski definition) is 2. The Kier molecular flexibility index (Phi) is 3.12. The summed E-state index contributed by atoms with van der Waals surface area (Å²) in [5, 5.41) is 5.81. The number of rotatable bonds is 4. The van der Waals surface area contributed by atoms with Gasteiger partial charge in [0.25, 0.3) is 0 Å². The molecule has 1 saturated carbocycles. The molecular formula is C9H14N2O. The maximum absolute atomic E-state index is 11.2. The molecule has 1 aliphatic rings. The van der Waals surface area contributed by atoms with Gasteiger partial charge in [-0.05, 0) is 19.8 Å². The van der Waals surface area contributed by atoms with Crippen LogP contribution in [0, 0.1) is 12.3 Å². The molecule has 1 aliphatic carbocycles. The fourth-order valence-corrected chi connectivity index (χ4v) is 0.970. The second-order valence-electron chi connectivity index (χ2n) is 3.08. The zero-order valence-corrected chi connectivity index (χ0v) is 7.26. The molecular weight excluding hydrogens is 152 g/mol. The van der Waals surface area contributed by atoms with E-state index in [2.05, 4.69) is 16.6 Å². The first-order valence-corrected chi connectivity index (χ1v) is 4.21. The van der Waals surface area contributed by atoms with Crippen LogP contribution < -0.4 is 10.6 Å². The molecule has 0 saturated heterocycles. The summed E-state index contributed by atoms with van der Waals surface area (Å²) < 4.78 is 0. The summed E-state index contributed by atoms with van der Waals surface area (Å²) in [6.45, 7) is 2.17. The molecule has 66 valence electrons. The van der Waals surface area contributed by atoms with Crippen molar-refractivity contribution in [2.24, 2.45) is 0 Å². The first kappa shape index (κ1) is 9.08. The number of nitrogens with one attached hydrogen (secondary N) is 2. The Hall–Kier alpha value is -1.01. The summed E-state index contributed by atoms with van der Waals surface area (Å²) in [5.41, 5.74) is 0. The lowest BCUT2D eigenvalue weighted by atomic mass is 10.3. The van der Waals surface area contributed by atoms with Crippen molar-refractivity contribution < 1.29 is 4.79 Å². The number of hydrogen-bond acceptors (Lipinski definition) is 2. The third kappa shape index (κ3) is 2.93. The molecule has 0 aliphatic heterocycles. The number of carbonyl (C=O) groups is 1. The summed E-state index contributed by atoms with van der Waals surface area (Å²) in [4.78, 5) is 11.2. The monoisotopic (exact) mass is 166 g/mol. The smallest absolute Gasteiger partial charge is 0.237 e. The zero-order valence-electron chi connectivity index (χ0n) is 7.26. The van der Waals surface area contributed by atoms with Gasteiger partial charge in [-0.15, -0.1) is 6.42 Å². The molecule has 0 radical (unpaired) electrons. The Labute approximate surface area is 72.9 Å². The minimum absolute atomic E-state index is 0.0140. The van der Waals surface area contributed by atoms with Crippen molar-refractivity contribution in [3.8, 4) is 12.3 Å². The van der Waals surface area contributed by atoms with Crippen LogP contribution in [0.15, 0.2) is 0 Å². The maximum Gasteiger partial charge on any atom is 0.237 e. The topological polar surface area (TPSA) is 41.1 Å². The molecule has 0 aromatic rings. The molecule has 3 heteroatoms. The minimum Gasteiger partial charge on any atom is -0.344 e. The highest BCUT2D eigenvalue weighted by Crippen LogP contribution is 2.19. The van der Waals surface area contributed by atoms with Crippen molar-refractivity contribution in [3.05, 3.63) is 0 Å². The van der Waals surface area contributed by atoms with E-state index in [1.54, 1.807) is 0 Å². The Morgan fingerprint density at radius 3 is 2.92 bits per heavy atom. The van der Waals surface area contributed by atoms with E-state index < -0.39 is 0 Å². The van der Waals surface area contributed by atoms with Crippen molar-refractivity contribution in [2.45, 2.75) is 31.8 Å². The molecule has 2 N–H and O–H groups in total. The van der Waals surface area contributed by atoms with Crippen molar-refractivity contribution in [3.63, 3.8) is 0 Å². The van der Waals surface area contributed by atoms with Gasteiger partial charge in [0.2, 0.25) is 5.91 Å². The second kappa shape index (κ2) is 4.13. The molecule has 0 heterocycles. The van der Waals surface area contributed by atoms with Gasteiger partial charge in [-0.2, -0.15) is 0 Å². The standard InChI is InChI=1S/C9H14N2O/c1-3-6-10-9(12)7(2)11-8-4-5-8/h1,7-8,11H,4-6H2,2H3,(H,10,12). The predicted octanol–water partition coefficient (Wildman–Crippen LogP) is -0.124. The van der Waals surface area contributed by atoms with Crippen LogP contribution in [0.25, 0.3) is 0 Å². The van der Waals surface area contributed by atoms with Gasteiger partial charge in [0.05, 0.1) is 12.6 Å². The van der Waals surface area contributed by atoms with Gasteiger partial charge >= 0.3 is 0 Å². The molecule has 0 aromatic heterocycles. The van der Waals surface area contributed by atoms with Crippen LogP contribution in [0.3, 0.4) is 0 Å². The average molecular weight is 166 g/mol. The summed E-state index contributed by atoms with van der Waals surface area (Å²) in [7, 11) is 0. The van der Waals surface area contributed by atoms with E-state index in [1.165, 1.54) is 12.8 Å². The van der Waals surface area contributed by atoms with Crippen LogP contribution in [0.4, 0.5) is 0 Å². The lowest BCUT2D eigenvalue weighted by molar-refractivity contribution is -0.122. The van der Waals surface area contributed by atoms with Crippen LogP contribution >= 0.6 is 0 Å². The number of terminal acetylenes is 1. The van der Waals surface area contributed by atoms with E-state index in [0.29, 0.717) is 12.6 Å². The van der Waals surface area contributed by atoms with Crippen LogP contribution in [0.2, 0.25) is 0 Å². The fraction of sp³-hybridized carbons (Fsp3) is 0.667. The third-order valence-electron chi connectivity index (χ3n) is 1.82. The fourth-order valence-electron chi connectivity index (χ4n) is 0.970. The van der Waals surface area contributed by atoms with Crippen LogP contribution in [-0.4, -0.2) is 24.5 Å². The van der Waals surface area contributed by atoms with Gasteiger partial charge in [-0.3, -0.25) is 4.79 Å². The molecule has 1 fully saturated rings. The first-order valence-electron chi connectivity index (χ1n) is 4.21. The summed E-state index contributed by atoms with van der Waals surface area (Å²) in [6, 6.07) is 0.433. The van der Waals surface area contributed by atoms with Crippen molar-refractivity contribution in [1.29, 1.82) is 0 Å². The minimum atomic E-state index is -0.120. The van der Waals surface area contributed by atoms with E-state index >= 15 is 0 Å². The largest absolute Gasteiger partial charge is 0.344 e. The second-order valence-corrected chi connectivity index (χ2v) is 3.08. The van der Waals surface area contributed by atoms with Crippen molar-refractivity contribution in [2.75, 3.05) is 6.54 Å². The highest BCUT2D eigenvalue weighted by molar-refractivity contribution is 5.81. The van der Waals surface area contributed by atoms with Crippen molar-refractivity contribution in [1.82, 2.24) is 10.6 Å². The molecule has 1 unspecified atom stereocenters. The number of amides is 1. The van der Waals surface area contributed by atoms with Gasteiger partial charge in [0.1, 0.15) is 0 Å². The van der Waals surface area contributed by atoms with E-state index in [-0.39, 0.29) is 11.9 Å². The van der Waals surface area contributed by atoms with Gasteiger partial charge in [0.15, 0.2) is 0 Å². The number of carbonyl (C=O) groups excluding carboxylic acids is 1. The maximum atomic E-state index is 11.2. The predicted molar refractivity (Wildman–Crippen MR) is 47.5 cm³/mol. The lowest BCUT2D eigenvalue weighted by Gasteiger charge is -2.11. The van der Waals surface area contributed by atoms with Gasteiger partial charge in [0, 0.05) is 6.04 Å². The Bertz CT molecular complexity index is 203. The molecule has 0 aromatic carbocycles. The Balaban J connectivity index is 2.16. The zero-order chi connectivity index (χ0) is 8.97. The van der Waals surface area contributed by atoms with E-state index in [0.717, 1.165) is 0 Å². The molecule has 0 spiro atoms. The molecule has 1 atom stereocenters. The van der Waals surface area contributed by atoms with Gasteiger partial charge < -0.3 is 10.6 Å². The van der Waals surface area contributed by atoms with Crippen molar-refractivity contribution >= 4 is 5.91 Å². The quantitative estimate of drug-likeness (QED) is 0.571. The summed E-state index contributed by atoms with van der Waals surface area (Å²) >= 11 is 0. The first-order chi connectivity index (χ1) is 5.74. The summed E-state index contributed by atoms with van der Waals surface area (Å²) in [6.07, 6.45) is 7.38. The highest BCUT2D eigenvalue weighted by Gasteiger charge is 2.25. The van der Waals surface area contributed by atoms with Gasteiger partial charge in [-0.25, -0.2) is 0 Å². The van der Waals surface area contributed by atoms with E-state index in [1.807, 2.05) is 6.92 Å². The Morgan fingerprint density at radius 1 is 1.75 bits per heavy atom. The molecule has 3 nitrogen and oxygen atoms in total. The Morgan fingerprint density at radius 2 is 2.42 bits per heavy atom. The van der Waals surface area contributed by atoms with E-state index in [4.69, 9.17) is 6.42 Å². The van der Waals surface area contributed by atoms with Crippen LogP contribution in [0.1, 0.15) is 19.8 Å². The summed E-state index contributed by atoms with van der Waals surface area (Å²) in [5.74, 6) is 2.35. The lowest BCUT2D eigenvalue weighted by Crippen LogP contribution is -2.43. The molecule has 12 heavy (non-hydrogen) atoms. The molecule has 0 bridgehead atoms.